The number of rotatable bonds is 3. The van der Waals surface area contributed by atoms with E-state index in [9.17, 15) is 9.59 Å². The van der Waals surface area contributed by atoms with Gasteiger partial charge in [0.25, 0.3) is 5.56 Å². The van der Waals surface area contributed by atoms with E-state index in [1.54, 1.807) is 30.3 Å². The number of hydrogen-bond donors (Lipinski definition) is 0. The molecule has 116 valence electrons. The molecule has 0 radical (unpaired) electrons. The second-order valence-electron chi connectivity index (χ2n) is 4.81. The lowest BCUT2D eigenvalue weighted by Gasteiger charge is -2.17. The number of carbonyl (C=O) groups excluding carboxylic acids is 1. The summed E-state index contributed by atoms with van der Waals surface area (Å²) in [4.78, 5) is 33.3. The van der Waals surface area contributed by atoms with E-state index in [1.165, 1.54) is 24.2 Å². The van der Waals surface area contributed by atoms with Crippen LogP contribution in [0.2, 0.25) is 0 Å². The lowest BCUT2D eigenvalue weighted by atomic mass is 10.1. The summed E-state index contributed by atoms with van der Waals surface area (Å²) in [5.74, 6) is -0.545. The molecular formula is C16H12BrN3O3. The highest BCUT2D eigenvalue weighted by Gasteiger charge is 2.25. The highest BCUT2D eigenvalue weighted by molar-refractivity contribution is 9.10. The fourth-order valence-electron chi connectivity index (χ4n) is 2.33. The summed E-state index contributed by atoms with van der Waals surface area (Å²) in [5, 5.41) is 0. The summed E-state index contributed by atoms with van der Waals surface area (Å²) in [6, 6.07) is 9.72. The van der Waals surface area contributed by atoms with E-state index in [4.69, 9.17) is 4.74 Å². The predicted octanol–water partition coefficient (Wildman–Crippen LogP) is 2.32. The van der Waals surface area contributed by atoms with E-state index < -0.39 is 17.6 Å². The smallest absolute Gasteiger partial charge is 0.333 e. The minimum absolute atomic E-state index is 0.195. The van der Waals surface area contributed by atoms with E-state index in [0.29, 0.717) is 11.1 Å². The number of nitrogens with zero attached hydrogens (tertiary/aromatic N) is 3. The average molecular weight is 374 g/mol. The first-order chi connectivity index (χ1) is 11.1. The van der Waals surface area contributed by atoms with Crippen LogP contribution in [0.15, 0.2) is 58.2 Å². The number of methoxy groups -OCH3 is 1. The normalized spacial score (nSPS) is 12.1. The Hall–Kier alpha value is -2.54. The van der Waals surface area contributed by atoms with Crippen molar-refractivity contribution < 1.29 is 9.53 Å². The van der Waals surface area contributed by atoms with Crippen LogP contribution in [0, 0.1) is 0 Å². The van der Waals surface area contributed by atoms with Crippen molar-refractivity contribution in [3.05, 3.63) is 69.3 Å². The van der Waals surface area contributed by atoms with Crippen molar-refractivity contribution in [2.24, 2.45) is 0 Å². The van der Waals surface area contributed by atoms with Crippen LogP contribution in [0.25, 0.3) is 11.0 Å². The summed E-state index contributed by atoms with van der Waals surface area (Å²) in [7, 11) is 1.28. The predicted molar refractivity (Wildman–Crippen MR) is 88.1 cm³/mol. The first kappa shape index (κ1) is 15.4. The molecule has 0 fully saturated rings. The quantitative estimate of drug-likeness (QED) is 0.658. The maximum atomic E-state index is 12.7. The van der Waals surface area contributed by atoms with Gasteiger partial charge in [-0.3, -0.25) is 9.36 Å². The molecule has 0 saturated carbocycles. The Morgan fingerprint density at radius 3 is 2.70 bits per heavy atom. The maximum absolute atomic E-state index is 12.7. The Bertz CT molecular complexity index is 925. The Labute approximate surface area is 139 Å². The van der Waals surface area contributed by atoms with Crippen LogP contribution in [0.1, 0.15) is 11.6 Å². The Morgan fingerprint density at radius 1 is 1.26 bits per heavy atom. The van der Waals surface area contributed by atoms with Gasteiger partial charge in [-0.25, -0.2) is 14.8 Å². The highest BCUT2D eigenvalue weighted by Crippen LogP contribution is 2.19. The standard InChI is InChI=1S/C16H12BrN3O3/c1-23-16(22)14(10-5-3-2-4-6-10)20-9-19-12-7-11(17)8-18-13(12)15(20)21/h2-9,14H,1H3. The summed E-state index contributed by atoms with van der Waals surface area (Å²) in [5.41, 5.74) is 0.888. The van der Waals surface area contributed by atoms with Gasteiger partial charge in [-0.2, -0.15) is 0 Å². The maximum Gasteiger partial charge on any atom is 0.333 e. The largest absolute Gasteiger partial charge is 0.467 e. The monoisotopic (exact) mass is 373 g/mol. The molecule has 0 amide bonds. The van der Waals surface area contributed by atoms with Crippen LogP contribution in [0.4, 0.5) is 0 Å². The minimum Gasteiger partial charge on any atom is -0.467 e. The van der Waals surface area contributed by atoms with Gasteiger partial charge in [0, 0.05) is 10.7 Å². The zero-order valence-corrected chi connectivity index (χ0v) is 13.7. The van der Waals surface area contributed by atoms with Gasteiger partial charge in [0.2, 0.25) is 0 Å². The molecule has 1 atom stereocenters. The number of hydrogen-bond acceptors (Lipinski definition) is 5. The number of ether oxygens (including phenoxy) is 1. The molecule has 0 N–H and O–H groups in total. The first-order valence-electron chi connectivity index (χ1n) is 6.77. The molecule has 2 aromatic heterocycles. The summed E-state index contributed by atoms with van der Waals surface area (Å²) in [6.45, 7) is 0. The summed E-state index contributed by atoms with van der Waals surface area (Å²) < 4.78 is 6.82. The van der Waals surface area contributed by atoms with E-state index in [1.807, 2.05) is 6.07 Å². The van der Waals surface area contributed by atoms with Crippen LogP contribution in [-0.2, 0) is 9.53 Å². The molecule has 1 aromatic carbocycles. The molecule has 0 saturated heterocycles. The molecule has 0 bridgehead atoms. The zero-order valence-electron chi connectivity index (χ0n) is 12.1. The Balaban J connectivity index is 2.23. The second kappa shape index (κ2) is 6.29. The van der Waals surface area contributed by atoms with Crippen molar-refractivity contribution in [3.63, 3.8) is 0 Å². The number of esters is 1. The van der Waals surface area contributed by atoms with Crippen LogP contribution in [0.3, 0.4) is 0 Å². The van der Waals surface area contributed by atoms with E-state index >= 15 is 0 Å². The molecular weight excluding hydrogens is 362 g/mol. The van der Waals surface area contributed by atoms with Gasteiger partial charge in [0.1, 0.15) is 0 Å². The topological polar surface area (TPSA) is 74.1 Å². The number of halogens is 1. The van der Waals surface area contributed by atoms with Gasteiger partial charge >= 0.3 is 5.97 Å². The molecule has 1 unspecified atom stereocenters. The van der Waals surface area contributed by atoms with Crippen LogP contribution >= 0.6 is 15.9 Å². The van der Waals surface area contributed by atoms with Crippen LogP contribution < -0.4 is 5.56 Å². The number of fused-ring (bicyclic) bond motifs is 1. The lowest BCUT2D eigenvalue weighted by Crippen LogP contribution is -2.32. The van der Waals surface area contributed by atoms with Crippen molar-refractivity contribution in [2.75, 3.05) is 7.11 Å². The van der Waals surface area contributed by atoms with Gasteiger partial charge in [0.05, 0.1) is 19.0 Å². The number of aromatic nitrogens is 3. The van der Waals surface area contributed by atoms with Crippen molar-refractivity contribution in [3.8, 4) is 0 Å². The lowest BCUT2D eigenvalue weighted by molar-refractivity contribution is -0.143. The first-order valence-corrected chi connectivity index (χ1v) is 7.56. The third-order valence-electron chi connectivity index (χ3n) is 3.41. The number of benzene rings is 1. The SMILES string of the molecule is COC(=O)C(c1ccccc1)n1cnc2cc(Br)cnc2c1=O. The van der Waals surface area contributed by atoms with Crippen molar-refractivity contribution in [2.45, 2.75) is 6.04 Å². The number of carbonyl (C=O) groups is 1. The molecule has 3 aromatic rings. The molecule has 3 rings (SSSR count). The number of pyridine rings is 1. The van der Waals surface area contributed by atoms with Gasteiger partial charge in [-0.1, -0.05) is 30.3 Å². The van der Waals surface area contributed by atoms with E-state index in [2.05, 4.69) is 25.9 Å². The van der Waals surface area contributed by atoms with Gasteiger partial charge in [0.15, 0.2) is 11.6 Å². The third-order valence-corrected chi connectivity index (χ3v) is 3.84. The van der Waals surface area contributed by atoms with Crippen molar-refractivity contribution >= 4 is 32.9 Å². The van der Waals surface area contributed by atoms with E-state index in [0.717, 1.165) is 4.47 Å². The fourth-order valence-corrected chi connectivity index (χ4v) is 2.65. The molecule has 0 spiro atoms. The molecule has 0 aliphatic carbocycles. The van der Waals surface area contributed by atoms with Crippen LogP contribution in [-0.4, -0.2) is 27.6 Å². The molecule has 6 nitrogen and oxygen atoms in total. The van der Waals surface area contributed by atoms with Gasteiger partial charge in [-0.15, -0.1) is 0 Å². The molecule has 23 heavy (non-hydrogen) atoms. The average Bonchev–Trinajstić information content (AvgIpc) is 2.58. The third kappa shape index (κ3) is 2.87. The van der Waals surface area contributed by atoms with Gasteiger partial charge < -0.3 is 4.74 Å². The Morgan fingerprint density at radius 2 is 2.00 bits per heavy atom. The molecule has 7 heteroatoms. The van der Waals surface area contributed by atoms with Crippen LogP contribution in [0.5, 0.6) is 0 Å². The second-order valence-corrected chi connectivity index (χ2v) is 5.73. The van der Waals surface area contributed by atoms with E-state index in [-0.39, 0.29) is 5.52 Å². The fraction of sp³-hybridized carbons (Fsp3) is 0.125. The molecule has 0 aliphatic rings. The summed E-state index contributed by atoms with van der Waals surface area (Å²) in [6.07, 6.45) is 2.86. The highest BCUT2D eigenvalue weighted by atomic mass is 79.9. The summed E-state index contributed by atoms with van der Waals surface area (Å²) >= 11 is 3.29. The van der Waals surface area contributed by atoms with Crippen molar-refractivity contribution in [1.82, 2.24) is 14.5 Å². The Kier molecular flexibility index (Phi) is 4.20. The molecule has 0 aliphatic heterocycles. The van der Waals surface area contributed by atoms with Gasteiger partial charge in [-0.05, 0) is 27.6 Å². The zero-order chi connectivity index (χ0) is 16.4. The minimum atomic E-state index is -0.906. The van der Waals surface area contributed by atoms with Crippen molar-refractivity contribution in [1.29, 1.82) is 0 Å². The molecule has 2 heterocycles.